The second-order valence-electron chi connectivity index (χ2n) is 4.10. The first-order valence-electron chi connectivity index (χ1n) is 5.52. The fourth-order valence-corrected chi connectivity index (χ4v) is 1.80. The number of carbonyl (C=O) groups is 1. The van der Waals surface area contributed by atoms with Gasteiger partial charge in [-0.2, -0.15) is 0 Å². The van der Waals surface area contributed by atoms with Gasteiger partial charge in [-0.25, -0.2) is 0 Å². The van der Waals surface area contributed by atoms with Gasteiger partial charge in [-0.05, 0) is 13.5 Å². The molecule has 0 amide bonds. The van der Waals surface area contributed by atoms with E-state index in [0.29, 0.717) is 25.4 Å². The maximum atomic E-state index is 11.5. The van der Waals surface area contributed by atoms with E-state index in [0.717, 1.165) is 26.1 Å². The molecule has 88 valence electrons. The molecule has 0 saturated carbocycles. The molecule has 0 spiro atoms. The Kier molecular flexibility index (Phi) is 5.83. The van der Waals surface area contributed by atoms with Gasteiger partial charge in [0.25, 0.3) is 0 Å². The Bertz CT molecular complexity index is 196. The molecule has 0 N–H and O–H groups in total. The fourth-order valence-electron chi connectivity index (χ4n) is 1.80. The van der Waals surface area contributed by atoms with Crippen LogP contribution < -0.4 is 0 Å². The maximum absolute atomic E-state index is 11.5. The average Bonchev–Trinajstić information content (AvgIpc) is 2.22. The zero-order chi connectivity index (χ0) is 11.1. The van der Waals surface area contributed by atoms with Crippen molar-refractivity contribution in [1.82, 2.24) is 4.90 Å². The molecule has 15 heavy (non-hydrogen) atoms. The predicted molar refractivity (Wildman–Crippen MR) is 57.9 cm³/mol. The molecule has 0 bridgehead atoms. The van der Waals surface area contributed by atoms with E-state index in [-0.39, 0.29) is 5.92 Å². The van der Waals surface area contributed by atoms with E-state index in [1.807, 2.05) is 7.05 Å². The number of ketones is 1. The summed E-state index contributed by atoms with van der Waals surface area (Å²) in [6.45, 7) is 3.75. The van der Waals surface area contributed by atoms with Crippen LogP contribution in [0.3, 0.4) is 0 Å². The topological polar surface area (TPSA) is 38.8 Å². The van der Waals surface area contributed by atoms with Crippen molar-refractivity contribution < 1.29 is 14.3 Å². The lowest BCUT2D eigenvalue weighted by Gasteiger charge is -2.25. The first-order valence-corrected chi connectivity index (χ1v) is 5.52. The largest absolute Gasteiger partial charge is 0.385 e. The highest BCUT2D eigenvalue weighted by atomic mass is 16.5. The van der Waals surface area contributed by atoms with Gasteiger partial charge in [0.2, 0.25) is 0 Å². The number of rotatable bonds is 6. The summed E-state index contributed by atoms with van der Waals surface area (Å²) in [7, 11) is 3.75. The van der Waals surface area contributed by atoms with Crippen molar-refractivity contribution in [3.05, 3.63) is 0 Å². The number of hydrogen-bond acceptors (Lipinski definition) is 4. The van der Waals surface area contributed by atoms with Crippen LogP contribution >= 0.6 is 0 Å². The van der Waals surface area contributed by atoms with Crippen LogP contribution in [0.1, 0.15) is 12.8 Å². The van der Waals surface area contributed by atoms with E-state index in [1.54, 1.807) is 7.11 Å². The lowest BCUT2D eigenvalue weighted by atomic mass is 10.0. The Labute approximate surface area is 91.5 Å². The quantitative estimate of drug-likeness (QED) is 0.607. The van der Waals surface area contributed by atoms with Gasteiger partial charge in [-0.3, -0.25) is 4.79 Å². The molecular weight excluding hydrogens is 194 g/mol. The lowest BCUT2D eigenvalue weighted by Crippen LogP contribution is -2.37. The molecule has 0 aromatic rings. The number of hydrogen-bond donors (Lipinski definition) is 0. The molecule has 1 aliphatic heterocycles. The van der Waals surface area contributed by atoms with Crippen LogP contribution in [0.15, 0.2) is 0 Å². The smallest absolute Gasteiger partial charge is 0.141 e. The van der Waals surface area contributed by atoms with Crippen molar-refractivity contribution in [1.29, 1.82) is 0 Å². The van der Waals surface area contributed by atoms with Crippen molar-refractivity contribution in [2.75, 3.05) is 47.1 Å². The Hall–Kier alpha value is -0.450. The highest BCUT2D eigenvalue weighted by Gasteiger charge is 2.23. The first kappa shape index (κ1) is 12.6. The van der Waals surface area contributed by atoms with Gasteiger partial charge >= 0.3 is 0 Å². The van der Waals surface area contributed by atoms with Crippen molar-refractivity contribution in [3.63, 3.8) is 0 Å². The third kappa shape index (κ3) is 4.73. The second kappa shape index (κ2) is 6.93. The van der Waals surface area contributed by atoms with Crippen LogP contribution in [0.2, 0.25) is 0 Å². The average molecular weight is 215 g/mol. The molecule has 0 radical (unpaired) electrons. The molecule has 1 aliphatic rings. The van der Waals surface area contributed by atoms with Crippen molar-refractivity contribution in [2.24, 2.45) is 5.92 Å². The van der Waals surface area contributed by atoms with Crippen LogP contribution in [0.25, 0.3) is 0 Å². The summed E-state index contributed by atoms with van der Waals surface area (Å²) in [6, 6.07) is 0. The molecule has 1 unspecified atom stereocenters. The number of ether oxygens (including phenoxy) is 2. The minimum atomic E-state index is 0.0753. The molecule has 1 fully saturated rings. The summed E-state index contributed by atoms with van der Waals surface area (Å²) in [5, 5.41) is 0. The highest BCUT2D eigenvalue weighted by molar-refractivity contribution is 5.81. The summed E-state index contributed by atoms with van der Waals surface area (Å²) < 4.78 is 10.3. The molecule has 0 aromatic carbocycles. The van der Waals surface area contributed by atoms with Crippen LogP contribution in [0, 0.1) is 5.92 Å². The molecule has 1 saturated heterocycles. The van der Waals surface area contributed by atoms with Crippen molar-refractivity contribution in [2.45, 2.75) is 12.8 Å². The normalized spacial score (nSPS) is 22.3. The van der Waals surface area contributed by atoms with Gasteiger partial charge in [0.1, 0.15) is 5.78 Å². The number of nitrogens with zero attached hydrogens (tertiary/aromatic N) is 1. The third-order valence-corrected chi connectivity index (χ3v) is 2.69. The molecule has 1 heterocycles. The lowest BCUT2D eigenvalue weighted by molar-refractivity contribution is -0.131. The fraction of sp³-hybridized carbons (Fsp3) is 0.909. The molecule has 4 heteroatoms. The minimum absolute atomic E-state index is 0.0753. The summed E-state index contributed by atoms with van der Waals surface area (Å²) in [4.78, 5) is 13.7. The van der Waals surface area contributed by atoms with Gasteiger partial charge in [-0.1, -0.05) is 0 Å². The van der Waals surface area contributed by atoms with Crippen LogP contribution in [0.4, 0.5) is 0 Å². The van der Waals surface area contributed by atoms with E-state index < -0.39 is 0 Å². The van der Waals surface area contributed by atoms with E-state index in [4.69, 9.17) is 9.47 Å². The minimum Gasteiger partial charge on any atom is -0.385 e. The van der Waals surface area contributed by atoms with E-state index in [2.05, 4.69) is 4.90 Å². The van der Waals surface area contributed by atoms with E-state index in [9.17, 15) is 4.79 Å². The van der Waals surface area contributed by atoms with Gasteiger partial charge in [0, 0.05) is 33.2 Å². The third-order valence-electron chi connectivity index (χ3n) is 2.69. The summed E-state index contributed by atoms with van der Waals surface area (Å²) >= 11 is 0. The summed E-state index contributed by atoms with van der Waals surface area (Å²) in [5.41, 5.74) is 0. The molecular formula is C11H21NO3. The van der Waals surface area contributed by atoms with Crippen molar-refractivity contribution >= 4 is 5.78 Å². The molecule has 4 nitrogen and oxygen atoms in total. The second-order valence-corrected chi connectivity index (χ2v) is 4.10. The van der Waals surface area contributed by atoms with Gasteiger partial charge < -0.3 is 14.4 Å². The highest BCUT2D eigenvalue weighted by Crippen LogP contribution is 2.10. The van der Waals surface area contributed by atoms with Crippen LogP contribution in [-0.4, -0.2) is 57.8 Å². The van der Waals surface area contributed by atoms with Gasteiger partial charge in [-0.15, -0.1) is 0 Å². The first-order chi connectivity index (χ1) is 7.24. The Morgan fingerprint density at radius 2 is 2.40 bits per heavy atom. The van der Waals surface area contributed by atoms with E-state index in [1.165, 1.54) is 0 Å². The molecule has 0 aliphatic carbocycles. The number of carbonyl (C=O) groups excluding carboxylic acids is 1. The Balaban J connectivity index is 2.17. The summed E-state index contributed by atoms with van der Waals surface area (Å²) in [6.07, 6.45) is 1.59. The monoisotopic (exact) mass is 215 g/mol. The standard InChI is InChI=1S/C11H21NO3/c1-12(5-3-6-14-2)8-10-9-15-7-4-11(10)13/h10H,3-9H2,1-2H3. The maximum Gasteiger partial charge on any atom is 0.141 e. The Morgan fingerprint density at radius 1 is 1.60 bits per heavy atom. The molecule has 0 aromatic heterocycles. The zero-order valence-corrected chi connectivity index (χ0v) is 9.70. The van der Waals surface area contributed by atoms with Gasteiger partial charge in [0.15, 0.2) is 0 Å². The SMILES string of the molecule is COCCCN(C)CC1COCCC1=O. The number of methoxy groups -OCH3 is 1. The molecule has 1 rings (SSSR count). The zero-order valence-electron chi connectivity index (χ0n) is 9.70. The van der Waals surface area contributed by atoms with Gasteiger partial charge in [0.05, 0.1) is 19.1 Å². The van der Waals surface area contributed by atoms with E-state index >= 15 is 0 Å². The predicted octanol–water partition coefficient (Wildman–Crippen LogP) is 0.560. The Morgan fingerprint density at radius 3 is 3.07 bits per heavy atom. The van der Waals surface area contributed by atoms with Crippen molar-refractivity contribution in [3.8, 4) is 0 Å². The van der Waals surface area contributed by atoms with Crippen LogP contribution in [0.5, 0.6) is 0 Å². The summed E-state index contributed by atoms with van der Waals surface area (Å²) in [5.74, 6) is 0.422. The van der Waals surface area contributed by atoms with Crippen LogP contribution in [-0.2, 0) is 14.3 Å². The number of Topliss-reactive ketones (excluding diaryl/α,β-unsaturated/α-hetero) is 1. The molecule has 1 atom stereocenters.